The van der Waals surface area contributed by atoms with Crippen molar-refractivity contribution in [3.8, 4) is 0 Å². The lowest BCUT2D eigenvalue weighted by Gasteiger charge is -2.34. The average molecular weight is 411 g/mol. The standard InChI is InChI=1S/C18H21BrF2N4/c1-12-16(19)11-22-17(23-12)24-14-6-8-25(9-7-14)15-5-3-4-13(10-15)18(2,20)21/h3-5,10-11,14H,6-9H2,1-2H3,(H,22,23,24). The SMILES string of the molecule is Cc1nc(NC2CCN(c3cccc(C(C)(F)F)c3)CC2)ncc1Br. The van der Waals surface area contributed by atoms with E-state index in [9.17, 15) is 8.78 Å². The predicted molar refractivity (Wildman–Crippen MR) is 99.3 cm³/mol. The fourth-order valence-electron chi connectivity index (χ4n) is 2.96. The normalized spacial score (nSPS) is 16.1. The molecule has 134 valence electrons. The largest absolute Gasteiger partial charge is 0.371 e. The van der Waals surface area contributed by atoms with Crippen molar-refractivity contribution in [2.24, 2.45) is 0 Å². The fourth-order valence-corrected chi connectivity index (χ4v) is 3.15. The van der Waals surface area contributed by atoms with Crippen molar-refractivity contribution >= 4 is 27.6 Å². The van der Waals surface area contributed by atoms with Crippen LogP contribution in [0.5, 0.6) is 0 Å². The van der Waals surface area contributed by atoms with Gasteiger partial charge in [-0.2, -0.15) is 0 Å². The van der Waals surface area contributed by atoms with Crippen LogP contribution in [-0.2, 0) is 5.92 Å². The maximum absolute atomic E-state index is 13.5. The molecule has 0 unspecified atom stereocenters. The Morgan fingerprint density at radius 1 is 1.28 bits per heavy atom. The number of aromatic nitrogens is 2. The van der Waals surface area contributed by atoms with Crippen molar-refractivity contribution in [2.75, 3.05) is 23.3 Å². The van der Waals surface area contributed by atoms with E-state index in [1.54, 1.807) is 18.3 Å². The molecule has 0 bridgehead atoms. The highest BCUT2D eigenvalue weighted by molar-refractivity contribution is 9.10. The van der Waals surface area contributed by atoms with Crippen molar-refractivity contribution in [3.63, 3.8) is 0 Å². The molecule has 25 heavy (non-hydrogen) atoms. The summed E-state index contributed by atoms with van der Waals surface area (Å²) in [6.07, 6.45) is 3.56. The van der Waals surface area contributed by atoms with Gasteiger partial charge in [-0.15, -0.1) is 0 Å². The van der Waals surface area contributed by atoms with Gasteiger partial charge in [0, 0.05) is 43.5 Å². The number of alkyl halides is 2. The molecule has 0 spiro atoms. The monoisotopic (exact) mass is 410 g/mol. The number of aryl methyl sites for hydroxylation is 1. The molecule has 4 nitrogen and oxygen atoms in total. The van der Waals surface area contributed by atoms with Crippen LogP contribution in [-0.4, -0.2) is 29.1 Å². The highest BCUT2D eigenvalue weighted by Crippen LogP contribution is 2.31. The van der Waals surface area contributed by atoms with Gasteiger partial charge in [0.15, 0.2) is 0 Å². The van der Waals surface area contributed by atoms with Gasteiger partial charge >= 0.3 is 0 Å². The van der Waals surface area contributed by atoms with Gasteiger partial charge in [0.25, 0.3) is 5.92 Å². The lowest BCUT2D eigenvalue weighted by atomic mass is 10.0. The molecule has 3 rings (SSSR count). The van der Waals surface area contributed by atoms with Crippen molar-refractivity contribution in [2.45, 2.75) is 38.7 Å². The second-order valence-corrected chi connectivity index (χ2v) is 7.33. The first kappa shape index (κ1) is 18.0. The molecule has 7 heteroatoms. The minimum Gasteiger partial charge on any atom is -0.371 e. The number of benzene rings is 1. The third-order valence-corrected chi connectivity index (χ3v) is 5.24. The van der Waals surface area contributed by atoms with Crippen LogP contribution in [0.2, 0.25) is 0 Å². The van der Waals surface area contributed by atoms with Crippen molar-refractivity contribution < 1.29 is 8.78 Å². The van der Waals surface area contributed by atoms with Crippen molar-refractivity contribution in [3.05, 3.63) is 46.2 Å². The van der Waals surface area contributed by atoms with Crippen LogP contribution >= 0.6 is 15.9 Å². The molecule has 1 aliphatic rings. The van der Waals surface area contributed by atoms with Crippen LogP contribution in [0, 0.1) is 6.92 Å². The zero-order valence-electron chi connectivity index (χ0n) is 14.3. The molecule has 1 N–H and O–H groups in total. The van der Waals surface area contributed by atoms with E-state index in [-0.39, 0.29) is 11.6 Å². The molecule has 1 aromatic carbocycles. The van der Waals surface area contributed by atoms with E-state index >= 15 is 0 Å². The smallest absolute Gasteiger partial charge is 0.270 e. The van der Waals surface area contributed by atoms with Gasteiger partial charge in [0.2, 0.25) is 5.95 Å². The summed E-state index contributed by atoms with van der Waals surface area (Å²) in [7, 11) is 0. The molecule has 1 fully saturated rings. The Bertz CT molecular complexity index is 740. The van der Waals surface area contributed by atoms with E-state index in [0.717, 1.165) is 48.7 Å². The van der Waals surface area contributed by atoms with Gasteiger partial charge in [-0.25, -0.2) is 18.7 Å². The summed E-state index contributed by atoms with van der Waals surface area (Å²) in [4.78, 5) is 10.9. The maximum Gasteiger partial charge on any atom is 0.270 e. The number of anilines is 2. The van der Waals surface area contributed by atoms with E-state index in [2.05, 4.69) is 36.1 Å². The quantitative estimate of drug-likeness (QED) is 0.789. The molecule has 0 radical (unpaired) electrons. The van der Waals surface area contributed by atoms with Crippen molar-refractivity contribution in [1.29, 1.82) is 0 Å². The first-order valence-electron chi connectivity index (χ1n) is 8.32. The number of piperidine rings is 1. The van der Waals surface area contributed by atoms with E-state index in [4.69, 9.17) is 0 Å². The molecular formula is C18H21BrF2N4. The molecular weight excluding hydrogens is 390 g/mol. The maximum atomic E-state index is 13.5. The Balaban J connectivity index is 1.61. The van der Waals surface area contributed by atoms with Crippen LogP contribution < -0.4 is 10.2 Å². The fraction of sp³-hybridized carbons (Fsp3) is 0.444. The Morgan fingerprint density at radius 3 is 2.64 bits per heavy atom. The van der Waals surface area contributed by atoms with Gasteiger partial charge in [-0.3, -0.25) is 0 Å². The highest BCUT2D eigenvalue weighted by atomic mass is 79.9. The zero-order chi connectivity index (χ0) is 18.0. The Labute approximate surface area is 154 Å². The van der Waals surface area contributed by atoms with Gasteiger partial charge in [0.05, 0.1) is 10.2 Å². The lowest BCUT2D eigenvalue weighted by molar-refractivity contribution is 0.0175. The lowest BCUT2D eigenvalue weighted by Crippen LogP contribution is -2.39. The summed E-state index contributed by atoms with van der Waals surface area (Å²) in [5.74, 6) is -2.18. The van der Waals surface area contributed by atoms with Crippen molar-refractivity contribution in [1.82, 2.24) is 9.97 Å². The van der Waals surface area contributed by atoms with Crippen LogP contribution in [0.1, 0.15) is 31.0 Å². The van der Waals surface area contributed by atoms with Gasteiger partial charge < -0.3 is 10.2 Å². The van der Waals surface area contributed by atoms with Gasteiger partial charge in [-0.05, 0) is 47.8 Å². The third-order valence-electron chi connectivity index (χ3n) is 4.47. The molecule has 1 aliphatic heterocycles. The molecule has 0 atom stereocenters. The van der Waals surface area contributed by atoms with Crippen LogP contribution in [0.3, 0.4) is 0 Å². The Kier molecular flexibility index (Phi) is 5.22. The van der Waals surface area contributed by atoms with Gasteiger partial charge in [-0.1, -0.05) is 12.1 Å². The van der Waals surface area contributed by atoms with Gasteiger partial charge in [0.1, 0.15) is 0 Å². The molecule has 0 amide bonds. The number of nitrogens with one attached hydrogen (secondary N) is 1. The molecule has 0 saturated carbocycles. The summed E-state index contributed by atoms with van der Waals surface area (Å²) in [5.41, 5.74) is 1.81. The van der Waals surface area contributed by atoms with E-state index in [1.807, 2.05) is 13.0 Å². The Morgan fingerprint density at radius 2 is 2.00 bits per heavy atom. The molecule has 2 heterocycles. The molecule has 0 aliphatic carbocycles. The minimum atomic E-state index is -2.81. The minimum absolute atomic E-state index is 0.0592. The van der Waals surface area contributed by atoms with Crippen LogP contribution in [0.25, 0.3) is 0 Å². The molecule has 2 aromatic rings. The summed E-state index contributed by atoms with van der Waals surface area (Å²) < 4.78 is 27.9. The molecule has 1 aromatic heterocycles. The molecule has 1 saturated heterocycles. The summed E-state index contributed by atoms with van der Waals surface area (Å²) >= 11 is 3.40. The third kappa shape index (κ3) is 4.45. The zero-order valence-corrected chi connectivity index (χ0v) is 15.9. The first-order valence-corrected chi connectivity index (χ1v) is 9.11. The van der Waals surface area contributed by atoms with Crippen LogP contribution in [0.4, 0.5) is 20.4 Å². The summed E-state index contributed by atoms with van der Waals surface area (Å²) in [5, 5.41) is 3.37. The Hall–Kier alpha value is -1.76. The summed E-state index contributed by atoms with van der Waals surface area (Å²) in [6, 6.07) is 6.95. The number of halogens is 3. The average Bonchev–Trinajstić information content (AvgIpc) is 2.58. The number of nitrogens with zero attached hydrogens (tertiary/aromatic N) is 3. The second kappa shape index (κ2) is 7.23. The van der Waals surface area contributed by atoms with Crippen LogP contribution in [0.15, 0.2) is 34.9 Å². The first-order chi connectivity index (χ1) is 11.8. The number of hydrogen-bond donors (Lipinski definition) is 1. The summed E-state index contributed by atoms with van der Waals surface area (Å²) in [6.45, 7) is 4.48. The second-order valence-electron chi connectivity index (χ2n) is 6.47. The highest BCUT2D eigenvalue weighted by Gasteiger charge is 2.26. The topological polar surface area (TPSA) is 41.1 Å². The predicted octanol–water partition coefficient (Wildman–Crippen LogP) is 4.74. The number of hydrogen-bond acceptors (Lipinski definition) is 4. The van der Waals surface area contributed by atoms with E-state index in [1.165, 1.54) is 6.07 Å². The number of rotatable bonds is 4. The van der Waals surface area contributed by atoms with E-state index < -0.39 is 5.92 Å². The van der Waals surface area contributed by atoms with E-state index in [0.29, 0.717) is 5.95 Å².